The summed E-state index contributed by atoms with van der Waals surface area (Å²) in [6, 6.07) is 5.66. The molecule has 0 radical (unpaired) electrons. The first-order valence-corrected chi connectivity index (χ1v) is 4.95. The molecule has 15 heavy (non-hydrogen) atoms. The first kappa shape index (κ1) is 9.83. The third kappa shape index (κ3) is 2.03. The van der Waals surface area contributed by atoms with E-state index < -0.39 is 0 Å². The first-order chi connectivity index (χ1) is 7.31. The molecule has 1 aromatic carbocycles. The molecule has 1 aliphatic heterocycles. The van der Waals surface area contributed by atoms with Crippen LogP contribution in [0.4, 0.5) is 0 Å². The predicted octanol–water partition coefficient (Wildman–Crippen LogP) is 1.44. The van der Waals surface area contributed by atoms with Gasteiger partial charge in [0.2, 0.25) is 12.7 Å². The number of carbonyl (C=O) groups is 1. The largest absolute Gasteiger partial charge is 0.454 e. The fourth-order valence-electron chi connectivity index (χ4n) is 1.45. The molecule has 0 bridgehead atoms. The van der Waals surface area contributed by atoms with Crippen molar-refractivity contribution in [2.45, 2.75) is 19.9 Å². The smallest absolute Gasteiger partial charge is 0.231 e. The van der Waals surface area contributed by atoms with Crippen molar-refractivity contribution in [3.63, 3.8) is 0 Å². The molecule has 0 saturated carbocycles. The summed E-state index contributed by atoms with van der Waals surface area (Å²) in [5, 5.41) is 2.80. The lowest BCUT2D eigenvalue weighted by Crippen LogP contribution is -2.21. The average molecular weight is 207 g/mol. The highest BCUT2D eigenvalue weighted by atomic mass is 16.7. The van der Waals surface area contributed by atoms with Gasteiger partial charge in [0.15, 0.2) is 11.5 Å². The number of carbonyl (C=O) groups excluding carboxylic acids is 1. The van der Waals surface area contributed by atoms with E-state index in [2.05, 4.69) is 5.32 Å². The predicted molar refractivity (Wildman–Crippen MR) is 54.7 cm³/mol. The van der Waals surface area contributed by atoms with E-state index in [9.17, 15) is 4.79 Å². The lowest BCUT2D eigenvalue weighted by molar-refractivity contribution is -0.120. The maximum Gasteiger partial charge on any atom is 0.231 e. The normalized spacial score (nSPS) is 12.6. The Labute approximate surface area is 88.2 Å². The summed E-state index contributed by atoms with van der Waals surface area (Å²) in [5.41, 5.74) is 0.951. The molecule has 80 valence electrons. The van der Waals surface area contributed by atoms with E-state index in [1.165, 1.54) is 0 Å². The van der Waals surface area contributed by atoms with Gasteiger partial charge >= 0.3 is 0 Å². The molecule has 1 heterocycles. The fourth-order valence-corrected chi connectivity index (χ4v) is 1.45. The second-order valence-electron chi connectivity index (χ2n) is 3.28. The Kier molecular flexibility index (Phi) is 2.76. The van der Waals surface area contributed by atoms with Crippen molar-refractivity contribution in [1.82, 2.24) is 5.32 Å². The molecule has 0 unspecified atom stereocenters. The number of para-hydroxylation sites is 1. The summed E-state index contributed by atoms with van der Waals surface area (Å²) >= 11 is 0. The highest BCUT2D eigenvalue weighted by molar-refractivity contribution is 5.75. The zero-order valence-corrected chi connectivity index (χ0v) is 8.58. The number of fused-ring (bicyclic) bond motifs is 1. The van der Waals surface area contributed by atoms with Gasteiger partial charge in [0.25, 0.3) is 0 Å². The summed E-state index contributed by atoms with van der Waals surface area (Å²) in [6.45, 7) is 2.57. The van der Waals surface area contributed by atoms with Crippen molar-refractivity contribution in [2.75, 3.05) is 6.79 Å². The van der Waals surface area contributed by atoms with Crippen molar-refractivity contribution in [1.29, 1.82) is 0 Å². The van der Waals surface area contributed by atoms with Crippen LogP contribution in [0.5, 0.6) is 11.5 Å². The van der Waals surface area contributed by atoms with Gasteiger partial charge in [-0.05, 0) is 6.07 Å². The van der Waals surface area contributed by atoms with E-state index in [4.69, 9.17) is 9.47 Å². The van der Waals surface area contributed by atoms with Crippen LogP contribution in [0.2, 0.25) is 0 Å². The molecule has 0 spiro atoms. The highest BCUT2D eigenvalue weighted by Crippen LogP contribution is 2.35. The zero-order valence-electron chi connectivity index (χ0n) is 8.58. The van der Waals surface area contributed by atoms with Crippen LogP contribution >= 0.6 is 0 Å². The van der Waals surface area contributed by atoms with Gasteiger partial charge in [0, 0.05) is 18.5 Å². The molecular weight excluding hydrogens is 194 g/mol. The van der Waals surface area contributed by atoms with Gasteiger partial charge in [-0.3, -0.25) is 4.79 Å². The summed E-state index contributed by atoms with van der Waals surface area (Å²) in [5.74, 6) is 1.53. The van der Waals surface area contributed by atoms with E-state index in [1.807, 2.05) is 25.1 Å². The van der Waals surface area contributed by atoms with Gasteiger partial charge < -0.3 is 14.8 Å². The summed E-state index contributed by atoms with van der Waals surface area (Å²) in [6.07, 6.45) is 0.492. The zero-order chi connectivity index (χ0) is 10.7. The van der Waals surface area contributed by atoms with E-state index in [1.54, 1.807) is 0 Å². The van der Waals surface area contributed by atoms with Crippen LogP contribution in [0.1, 0.15) is 18.9 Å². The van der Waals surface area contributed by atoms with Crippen molar-refractivity contribution < 1.29 is 14.3 Å². The third-order valence-corrected chi connectivity index (χ3v) is 2.28. The molecule has 1 N–H and O–H groups in total. The number of hydrogen-bond acceptors (Lipinski definition) is 3. The third-order valence-electron chi connectivity index (χ3n) is 2.28. The molecule has 0 saturated heterocycles. The molecule has 2 rings (SSSR count). The number of ether oxygens (including phenoxy) is 2. The Morgan fingerprint density at radius 2 is 2.33 bits per heavy atom. The highest BCUT2D eigenvalue weighted by Gasteiger charge is 2.16. The lowest BCUT2D eigenvalue weighted by Gasteiger charge is -2.06. The van der Waals surface area contributed by atoms with Crippen molar-refractivity contribution in [3.8, 4) is 11.5 Å². The van der Waals surface area contributed by atoms with Crippen molar-refractivity contribution >= 4 is 5.91 Å². The molecule has 4 nitrogen and oxygen atoms in total. The van der Waals surface area contributed by atoms with E-state index >= 15 is 0 Å². The Morgan fingerprint density at radius 3 is 3.13 bits per heavy atom. The minimum Gasteiger partial charge on any atom is -0.454 e. The number of benzene rings is 1. The van der Waals surface area contributed by atoms with Crippen molar-refractivity contribution in [2.24, 2.45) is 0 Å². The second kappa shape index (κ2) is 4.21. The molecule has 1 aromatic rings. The Morgan fingerprint density at radius 1 is 1.47 bits per heavy atom. The van der Waals surface area contributed by atoms with Gasteiger partial charge in [-0.2, -0.15) is 0 Å². The summed E-state index contributed by atoms with van der Waals surface area (Å²) in [4.78, 5) is 11.1. The van der Waals surface area contributed by atoms with E-state index in [0.717, 1.165) is 17.1 Å². The molecule has 0 fully saturated rings. The van der Waals surface area contributed by atoms with E-state index in [-0.39, 0.29) is 12.7 Å². The van der Waals surface area contributed by atoms with Gasteiger partial charge in [0.05, 0.1) is 0 Å². The molecule has 1 aliphatic rings. The molecular formula is C11H13NO3. The van der Waals surface area contributed by atoms with Gasteiger partial charge in [0.1, 0.15) is 0 Å². The molecule has 1 amide bonds. The maximum absolute atomic E-state index is 11.1. The van der Waals surface area contributed by atoms with Crippen LogP contribution in [0, 0.1) is 0 Å². The van der Waals surface area contributed by atoms with Gasteiger partial charge in [-0.1, -0.05) is 19.1 Å². The molecule has 0 aliphatic carbocycles. The first-order valence-electron chi connectivity index (χ1n) is 4.95. The van der Waals surface area contributed by atoms with Crippen molar-refractivity contribution in [3.05, 3.63) is 23.8 Å². The van der Waals surface area contributed by atoms with Crippen LogP contribution in [0.3, 0.4) is 0 Å². The summed E-state index contributed by atoms with van der Waals surface area (Å²) in [7, 11) is 0. The fraction of sp³-hybridized carbons (Fsp3) is 0.364. The number of hydrogen-bond donors (Lipinski definition) is 1. The quantitative estimate of drug-likeness (QED) is 0.815. The minimum atomic E-state index is 0.0338. The summed E-state index contributed by atoms with van der Waals surface area (Å²) < 4.78 is 10.6. The number of amides is 1. The standard InChI is InChI=1S/C11H13NO3/c1-2-10(13)12-6-8-4-3-5-9-11(8)15-7-14-9/h3-5H,2,6-7H2,1H3,(H,12,13). The number of rotatable bonds is 3. The SMILES string of the molecule is CCC(=O)NCc1cccc2c1OCO2. The monoisotopic (exact) mass is 207 g/mol. The van der Waals surface area contributed by atoms with Crippen LogP contribution in [0.15, 0.2) is 18.2 Å². The second-order valence-corrected chi connectivity index (χ2v) is 3.28. The topological polar surface area (TPSA) is 47.6 Å². The van der Waals surface area contributed by atoms with Crippen LogP contribution in [-0.4, -0.2) is 12.7 Å². The maximum atomic E-state index is 11.1. The number of nitrogens with one attached hydrogen (secondary N) is 1. The van der Waals surface area contributed by atoms with Crippen LogP contribution in [0.25, 0.3) is 0 Å². The minimum absolute atomic E-state index is 0.0338. The Bertz CT molecular complexity index is 376. The molecule has 0 atom stereocenters. The Balaban J connectivity index is 2.09. The Hall–Kier alpha value is -1.71. The average Bonchev–Trinajstić information content (AvgIpc) is 2.74. The lowest BCUT2D eigenvalue weighted by atomic mass is 10.2. The van der Waals surface area contributed by atoms with Crippen LogP contribution < -0.4 is 14.8 Å². The van der Waals surface area contributed by atoms with Gasteiger partial charge in [-0.25, -0.2) is 0 Å². The molecule has 4 heteroatoms. The van der Waals surface area contributed by atoms with Gasteiger partial charge in [-0.15, -0.1) is 0 Å². The van der Waals surface area contributed by atoms with E-state index in [0.29, 0.717) is 13.0 Å². The van der Waals surface area contributed by atoms with Crippen LogP contribution in [-0.2, 0) is 11.3 Å². The molecule has 0 aromatic heterocycles.